The number of rotatable bonds is 2. The van der Waals surface area contributed by atoms with E-state index in [1.165, 1.54) is 0 Å². The highest BCUT2D eigenvalue weighted by atomic mass is 16.2. The van der Waals surface area contributed by atoms with Crippen molar-refractivity contribution in [3.8, 4) is 0 Å². The van der Waals surface area contributed by atoms with Gasteiger partial charge in [0.2, 0.25) is 5.91 Å². The highest BCUT2D eigenvalue weighted by Crippen LogP contribution is 2.19. The standard InChI is InChI=1S/C16H21N3O/c1-12-11-18(2)7-8-19(12)16(20)9-13-10-17-15-6-4-3-5-14(13)15/h3-6,10,12,17H,7-9,11H2,1-2H3. The van der Waals surface area contributed by atoms with Crippen LogP contribution in [-0.2, 0) is 11.2 Å². The summed E-state index contributed by atoms with van der Waals surface area (Å²) in [5.74, 6) is 0.232. The molecule has 3 rings (SSSR count). The number of piperazine rings is 1. The van der Waals surface area contributed by atoms with Crippen LogP contribution in [0.4, 0.5) is 0 Å². The number of hydrogen-bond acceptors (Lipinski definition) is 2. The van der Waals surface area contributed by atoms with E-state index < -0.39 is 0 Å². The smallest absolute Gasteiger partial charge is 0.227 e. The van der Waals surface area contributed by atoms with Gasteiger partial charge in [0.1, 0.15) is 0 Å². The molecule has 0 aliphatic carbocycles. The molecular formula is C16H21N3O. The minimum atomic E-state index is 0.232. The summed E-state index contributed by atoms with van der Waals surface area (Å²) in [4.78, 5) is 20.0. The molecule has 2 aromatic rings. The van der Waals surface area contributed by atoms with Crippen LogP contribution in [0.2, 0.25) is 0 Å². The summed E-state index contributed by atoms with van der Waals surface area (Å²) in [6.07, 6.45) is 2.45. The van der Waals surface area contributed by atoms with E-state index >= 15 is 0 Å². The van der Waals surface area contributed by atoms with Gasteiger partial charge in [0.15, 0.2) is 0 Å². The fraction of sp³-hybridized carbons (Fsp3) is 0.438. The van der Waals surface area contributed by atoms with Crippen molar-refractivity contribution in [2.75, 3.05) is 26.7 Å². The van der Waals surface area contributed by atoms with Crippen LogP contribution in [0.25, 0.3) is 10.9 Å². The largest absolute Gasteiger partial charge is 0.361 e. The lowest BCUT2D eigenvalue weighted by atomic mass is 10.1. The molecule has 1 amide bonds. The predicted molar refractivity (Wildman–Crippen MR) is 80.7 cm³/mol. The van der Waals surface area contributed by atoms with Crippen molar-refractivity contribution in [2.45, 2.75) is 19.4 Å². The van der Waals surface area contributed by atoms with Crippen molar-refractivity contribution in [3.05, 3.63) is 36.0 Å². The number of likely N-dealkylation sites (N-methyl/N-ethyl adjacent to an activating group) is 1. The first-order valence-electron chi connectivity index (χ1n) is 7.18. The number of aromatic nitrogens is 1. The van der Waals surface area contributed by atoms with Crippen LogP contribution in [0, 0.1) is 0 Å². The molecule has 4 nitrogen and oxygen atoms in total. The molecule has 0 bridgehead atoms. The zero-order valence-electron chi connectivity index (χ0n) is 12.1. The summed E-state index contributed by atoms with van der Waals surface area (Å²) in [5, 5.41) is 1.16. The molecule has 20 heavy (non-hydrogen) atoms. The van der Waals surface area contributed by atoms with Gasteiger partial charge in [-0.25, -0.2) is 0 Å². The van der Waals surface area contributed by atoms with Crippen molar-refractivity contribution in [2.24, 2.45) is 0 Å². The second-order valence-corrected chi connectivity index (χ2v) is 5.73. The van der Waals surface area contributed by atoms with Crippen molar-refractivity contribution in [1.82, 2.24) is 14.8 Å². The lowest BCUT2D eigenvalue weighted by molar-refractivity contribution is -0.134. The van der Waals surface area contributed by atoms with E-state index in [9.17, 15) is 4.79 Å². The average molecular weight is 271 g/mol. The summed E-state index contributed by atoms with van der Waals surface area (Å²) in [7, 11) is 2.11. The van der Waals surface area contributed by atoms with Crippen LogP contribution >= 0.6 is 0 Å². The Balaban J connectivity index is 1.76. The quantitative estimate of drug-likeness (QED) is 0.905. The zero-order valence-corrected chi connectivity index (χ0v) is 12.1. The minimum absolute atomic E-state index is 0.232. The molecule has 1 aromatic heterocycles. The maximum Gasteiger partial charge on any atom is 0.227 e. The molecule has 1 atom stereocenters. The van der Waals surface area contributed by atoms with Crippen molar-refractivity contribution < 1.29 is 4.79 Å². The molecule has 0 saturated carbocycles. The SMILES string of the molecule is CC1CN(C)CCN1C(=O)Cc1c[nH]c2ccccc12. The number of amides is 1. The average Bonchev–Trinajstić information content (AvgIpc) is 2.82. The van der Waals surface area contributed by atoms with Crippen molar-refractivity contribution in [3.63, 3.8) is 0 Å². The van der Waals surface area contributed by atoms with Crippen LogP contribution in [-0.4, -0.2) is 53.4 Å². The number of hydrogen-bond donors (Lipinski definition) is 1. The van der Waals surface area contributed by atoms with Gasteiger partial charge in [0.25, 0.3) is 0 Å². The Kier molecular flexibility index (Phi) is 3.49. The summed E-state index contributed by atoms with van der Waals surface area (Å²) in [6.45, 7) is 4.88. The molecule has 1 aliphatic rings. The topological polar surface area (TPSA) is 39.3 Å². The van der Waals surface area contributed by atoms with Gasteiger partial charge in [-0.2, -0.15) is 0 Å². The number of para-hydroxylation sites is 1. The number of benzene rings is 1. The summed E-state index contributed by atoms with van der Waals surface area (Å²) in [6, 6.07) is 8.44. The minimum Gasteiger partial charge on any atom is -0.361 e. The van der Waals surface area contributed by atoms with Gasteiger partial charge in [0, 0.05) is 42.8 Å². The molecule has 2 heterocycles. The first-order valence-corrected chi connectivity index (χ1v) is 7.18. The zero-order chi connectivity index (χ0) is 14.1. The van der Waals surface area contributed by atoms with Gasteiger partial charge in [0.05, 0.1) is 6.42 Å². The molecule has 1 saturated heterocycles. The molecule has 106 valence electrons. The Morgan fingerprint density at radius 3 is 2.95 bits per heavy atom. The molecule has 4 heteroatoms. The summed E-state index contributed by atoms with van der Waals surface area (Å²) < 4.78 is 0. The molecule has 1 N–H and O–H groups in total. The number of carbonyl (C=O) groups excluding carboxylic acids is 1. The van der Waals surface area contributed by atoms with Crippen LogP contribution in [0.5, 0.6) is 0 Å². The number of H-pyrrole nitrogens is 1. The maximum absolute atomic E-state index is 12.5. The lowest BCUT2D eigenvalue weighted by Gasteiger charge is -2.38. The second kappa shape index (κ2) is 5.29. The third kappa shape index (κ3) is 2.43. The van der Waals surface area contributed by atoms with Gasteiger partial charge >= 0.3 is 0 Å². The van der Waals surface area contributed by atoms with Gasteiger partial charge in [-0.3, -0.25) is 4.79 Å². The highest BCUT2D eigenvalue weighted by molar-refractivity contribution is 5.89. The fourth-order valence-corrected chi connectivity index (χ4v) is 3.05. The van der Waals surface area contributed by atoms with Gasteiger partial charge in [-0.1, -0.05) is 18.2 Å². The van der Waals surface area contributed by atoms with Crippen LogP contribution < -0.4 is 0 Å². The normalized spacial score (nSPS) is 20.5. The third-order valence-corrected chi connectivity index (χ3v) is 4.17. The third-order valence-electron chi connectivity index (χ3n) is 4.17. The number of nitrogens with one attached hydrogen (secondary N) is 1. The Labute approximate surface area is 119 Å². The van der Waals surface area contributed by atoms with E-state index in [4.69, 9.17) is 0 Å². The number of nitrogens with zero attached hydrogens (tertiary/aromatic N) is 2. The number of aromatic amines is 1. The highest BCUT2D eigenvalue weighted by Gasteiger charge is 2.25. The maximum atomic E-state index is 12.5. The first kappa shape index (κ1) is 13.2. The number of carbonyl (C=O) groups is 1. The predicted octanol–water partition coefficient (Wildman–Crippen LogP) is 1.87. The van der Waals surface area contributed by atoms with E-state index in [1.54, 1.807) is 0 Å². The van der Waals surface area contributed by atoms with Gasteiger partial charge < -0.3 is 14.8 Å². The van der Waals surface area contributed by atoms with Crippen molar-refractivity contribution in [1.29, 1.82) is 0 Å². The van der Waals surface area contributed by atoms with Crippen LogP contribution in [0.15, 0.2) is 30.5 Å². The van der Waals surface area contributed by atoms with E-state index in [1.807, 2.05) is 29.3 Å². The van der Waals surface area contributed by atoms with E-state index in [0.717, 1.165) is 36.1 Å². The molecule has 0 radical (unpaired) electrons. The Morgan fingerprint density at radius 2 is 2.15 bits per heavy atom. The van der Waals surface area contributed by atoms with Crippen molar-refractivity contribution >= 4 is 16.8 Å². The summed E-state index contributed by atoms with van der Waals surface area (Å²) >= 11 is 0. The molecule has 1 aliphatic heterocycles. The molecule has 1 fully saturated rings. The van der Waals surface area contributed by atoms with Gasteiger partial charge in [-0.05, 0) is 25.6 Å². The molecular weight excluding hydrogens is 250 g/mol. The molecule has 0 spiro atoms. The number of fused-ring (bicyclic) bond motifs is 1. The second-order valence-electron chi connectivity index (χ2n) is 5.73. The van der Waals surface area contributed by atoms with E-state index in [2.05, 4.69) is 29.9 Å². The first-order chi connectivity index (χ1) is 9.65. The Morgan fingerprint density at radius 1 is 1.35 bits per heavy atom. The fourth-order valence-electron chi connectivity index (χ4n) is 3.05. The van der Waals surface area contributed by atoms with E-state index in [0.29, 0.717) is 12.5 Å². The monoisotopic (exact) mass is 271 g/mol. The summed E-state index contributed by atoms with van der Waals surface area (Å²) in [5.41, 5.74) is 2.19. The van der Waals surface area contributed by atoms with Crippen LogP contribution in [0.1, 0.15) is 12.5 Å². The Hall–Kier alpha value is -1.81. The lowest BCUT2D eigenvalue weighted by Crippen LogP contribution is -2.53. The molecule has 1 unspecified atom stereocenters. The molecule has 1 aromatic carbocycles. The van der Waals surface area contributed by atoms with E-state index in [-0.39, 0.29) is 5.91 Å². The van der Waals surface area contributed by atoms with Crippen LogP contribution in [0.3, 0.4) is 0 Å². The van der Waals surface area contributed by atoms with Gasteiger partial charge in [-0.15, -0.1) is 0 Å². The Bertz CT molecular complexity index is 619.